The molecule has 0 bridgehead atoms. The molecule has 3 N–H and O–H groups in total. The fourth-order valence-corrected chi connectivity index (χ4v) is 4.52. The van der Waals surface area contributed by atoms with Crippen LogP contribution in [0.4, 0.5) is 5.69 Å². The molecule has 5 nitrogen and oxygen atoms in total. The number of carbonyl (C=O) groups excluding carboxylic acids is 2. The van der Waals surface area contributed by atoms with Gasteiger partial charge < -0.3 is 15.6 Å². The third-order valence-electron chi connectivity index (χ3n) is 6.30. The van der Waals surface area contributed by atoms with E-state index in [0.29, 0.717) is 12.1 Å². The number of benzene rings is 4. The molecule has 36 heavy (non-hydrogen) atoms. The Hall–Kier alpha value is -4.64. The van der Waals surface area contributed by atoms with Gasteiger partial charge in [-0.3, -0.25) is 9.59 Å². The topological polar surface area (TPSA) is 74.0 Å². The molecular formula is C31H27N3O2. The molecule has 2 amide bonds. The normalized spacial score (nSPS) is 11.8. The maximum atomic E-state index is 13.8. The minimum absolute atomic E-state index is 0.222. The van der Waals surface area contributed by atoms with Gasteiger partial charge in [-0.1, -0.05) is 97.1 Å². The minimum Gasteiger partial charge on any atom is -0.361 e. The number of aromatic amines is 1. The van der Waals surface area contributed by atoms with Crippen LogP contribution in [0.1, 0.15) is 22.6 Å². The number of hydrogen-bond acceptors (Lipinski definition) is 2. The van der Waals surface area contributed by atoms with Crippen LogP contribution >= 0.6 is 0 Å². The minimum atomic E-state index is -0.771. The van der Waals surface area contributed by atoms with Crippen molar-refractivity contribution in [3.8, 4) is 0 Å². The van der Waals surface area contributed by atoms with Crippen molar-refractivity contribution in [2.24, 2.45) is 0 Å². The number of nitrogens with one attached hydrogen (secondary N) is 3. The van der Waals surface area contributed by atoms with E-state index in [1.807, 2.05) is 121 Å². The van der Waals surface area contributed by atoms with E-state index in [9.17, 15) is 9.59 Å². The fourth-order valence-electron chi connectivity index (χ4n) is 4.52. The van der Waals surface area contributed by atoms with Crippen molar-refractivity contribution in [3.63, 3.8) is 0 Å². The number of fused-ring (bicyclic) bond motifs is 1. The van der Waals surface area contributed by atoms with Gasteiger partial charge in [-0.2, -0.15) is 0 Å². The Morgan fingerprint density at radius 2 is 1.22 bits per heavy atom. The number of anilines is 1. The number of H-pyrrole nitrogens is 1. The average molecular weight is 474 g/mol. The molecule has 1 heterocycles. The van der Waals surface area contributed by atoms with E-state index in [-0.39, 0.29) is 11.8 Å². The molecule has 0 aliphatic heterocycles. The van der Waals surface area contributed by atoms with E-state index in [1.54, 1.807) is 0 Å². The summed E-state index contributed by atoms with van der Waals surface area (Å²) in [5, 5.41) is 7.07. The number of carbonyl (C=O) groups is 2. The number of rotatable bonds is 8. The van der Waals surface area contributed by atoms with Crippen LogP contribution in [0, 0.1) is 0 Å². The van der Waals surface area contributed by atoms with Gasteiger partial charge in [0.05, 0.1) is 5.92 Å². The third kappa shape index (κ3) is 5.20. The first kappa shape index (κ1) is 23.1. The van der Waals surface area contributed by atoms with Gasteiger partial charge >= 0.3 is 0 Å². The standard InChI is InChI=1S/C31H27N3O2/c35-30(33-25-16-8-3-9-17-25)28(20-24-21-32-27-19-11-10-18-26(24)27)34-31(36)29(22-12-4-1-5-13-22)23-14-6-2-7-15-23/h1-19,21,28-29,32H,20H2,(H,33,35)(H,34,36). The lowest BCUT2D eigenvalue weighted by Gasteiger charge is -2.23. The van der Waals surface area contributed by atoms with Crippen molar-refractivity contribution in [2.45, 2.75) is 18.4 Å². The van der Waals surface area contributed by atoms with E-state index in [1.165, 1.54) is 0 Å². The lowest BCUT2D eigenvalue weighted by molar-refractivity contribution is -0.126. The third-order valence-corrected chi connectivity index (χ3v) is 6.30. The SMILES string of the molecule is O=C(Nc1ccccc1)C(Cc1c[nH]c2ccccc12)NC(=O)C(c1ccccc1)c1ccccc1. The second kappa shape index (κ2) is 10.7. The zero-order chi connectivity index (χ0) is 24.7. The lowest BCUT2D eigenvalue weighted by atomic mass is 9.90. The van der Waals surface area contributed by atoms with Crippen LogP contribution in [0.3, 0.4) is 0 Å². The van der Waals surface area contributed by atoms with Gasteiger partial charge in [0.15, 0.2) is 0 Å². The van der Waals surface area contributed by atoms with Crippen LogP contribution in [-0.2, 0) is 16.0 Å². The van der Waals surface area contributed by atoms with Gasteiger partial charge in [0.25, 0.3) is 0 Å². The van der Waals surface area contributed by atoms with Crippen molar-refractivity contribution in [1.29, 1.82) is 0 Å². The summed E-state index contributed by atoms with van der Waals surface area (Å²) in [7, 11) is 0. The molecule has 0 aliphatic rings. The molecule has 0 spiro atoms. The van der Waals surface area contributed by atoms with Crippen LogP contribution < -0.4 is 10.6 Å². The maximum absolute atomic E-state index is 13.8. The molecule has 1 unspecified atom stereocenters. The molecule has 0 saturated carbocycles. The predicted octanol–water partition coefficient (Wildman–Crippen LogP) is 5.67. The van der Waals surface area contributed by atoms with Crippen molar-refractivity contribution in [2.75, 3.05) is 5.32 Å². The van der Waals surface area contributed by atoms with E-state index >= 15 is 0 Å². The van der Waals surface area contributed by atoms with Gasteiger partial charge in [-0.15, -0.1) is 0 Å². The highest BCUT2D eigenvalue weighted by molar-refractivity contribution is 5.99. The Morgan fingerprint density at radius 1 is 0.667 bits per heavy atom. The highest BCUT2D eigenvalue weighted by atomic mass is 16.2. The van der Waals surface area contributed by atoms with Crippen molar-refractivity contribution in [1.82, 2.24) is 10.3 Å². The first-order chi connectivity index (χ1) is 17.7. The fraction of sp³-hybridized carbons (Fsp3) is 0.0968. The molecule has 5 heteroatoms. The zero-order valence-corrected chi connectivity index (χ0v) is 19.7. The summed E-state index contributed by atoms with van der Waals surface area (Å²) in [6.45, 7) is 0. The van der Waals surface area contributed by atoms with E-state index in [2.05, 4.69) is 15.6 Å². The first-order valence-electron chi connectivity index (χ1n) is 12.0. The van der Waals surface area contributed by atoms with Crippen LogP contribution in [-0.4, -0.2) is 22.8 Å². The van der Waals surface area contributed by atoms with Crippen molar-refractivity contribution >= 4 is 28.4 Å². The average Bonchev–Trinajstić information content (AvgIpc) is 3.33. The van der Waals surface area contributed by atoms with Crippen LogP contribution in [0.5, 0.6) is 0 Å². The molecule has 5 aromatic rings. The molecule has 1 atom stereocenters. The Bertz CT molecular complexity index is 1410. The first-order valence-corrected chi connectivity index (χ1v) is 12.0. The largest absolute Gasteiger partial charge is 0.361 e. The Kier molecular flexibility index (Phi) is 6.90. The molecule has 0 saturated heterocycles. The Labute approximate surface area is 210 Å². The summed E-state index contributed by atoms with van der Waals surface area (Å²) >= 11 is 0. The lowest BCUT2D eigenvalue weighted by Crippen LogP contribution is -2.47. The molecule has 0 aliphatic carbocycles. The van der Waals surface area contributed by atoms with E-state index in [4.69, 9.17) is 0 Å². The number of amides is 2. The van der Waals surface area contributed by atoms with E-state index < -0.39 is 12.0 Å². The molecule has 5 rings (SSSR count). The Morgan fingerprint density at radius 3 is 1.86 bits per heavy atom. The summed E-state index contributed by atoms with van der Waals surface area (Å²) < 4.78 is 0. The number of aromatic nitrogens is 1. The number of hydrogen-bond donors (Lipinski definition) is 3. The van der Waals surface area contributed by atoms with Crippen molar-refractivity contribution in [3.05, 3.63) is 138 Å². The van der Waals surface area contributed by atoms with Crippen molar-refractivity contribution < 1.29 is 9.59 Å². The predicted molar refractivity (Wildman–Crippen MR) is 144 cm³/mol. The van der Waals surface area contributed by atoms with Crippen LogP contribution in [0.2, 0.25) is 0 Å². The quantitative estimate of drug-likeness (QED) is 0.272. The smallest absolute Gasteiger partial charge is 0.247 e. The summed E-state index contributed by atoms with van der Waals surface area (Å²) in [5.41, 5.74) is 4.39. The monoisotopic (exact) mass is 473 g/mol. The number of para-hydroxylation sites is 2. The summed E-state index contributed by atoms with van der Waals surface area (Å²) in [5.74, 6) is -1.03. The highest BCUT2D eigenvalue weighted by Gasteiger charge is 2.28. The van der Waals surface area contributed by atoms with Crippen LogP contribution in [0.25, 0.3) is 10.9 Å². The Balaban J connectivity index is 1.46. The second-order valence-corrected chi connectivity index (χ2v) is 8.73. The molecule has 0 radical (unpaired) electrons. The molecular weight excluding hydrogens is 446 g/mol. The van der Waals surface area contributed by atoms with Gasteiger partial charge in [0, 0.05) is 29.2 Å². The van der Waals surface area contributed by atoms with Gasteiger partial charge in [0.2, 0.25) is 11.8 Å². The van der Waals surface area contributed by atoms with Gasteiger partial charge in [-0.25, -0.2) is 0 Å². The summed E-state index contributed by atoms with van der Waals surface area (Å²) in [4.78, 5) is 30.5. The molecule has 0 fully saturated rings. The van der Waals surface area contributed by atoms with Crippen LogP contribution in [0.15, 0.2) is 121 Å². The summed E-state index contributed by atoms with van der Waals surface area (Å²) in [6, 6.07) is 35.8. The molecule has 4 aromatic carbocycles. The van der Waals surface area contributed by atoms with E-state index in [0.717, 1.165) is 27.6 Å². The zero-order valence-electron chi connectivity index (χ0n) is 19.7. The maximum Gasteiger partial charge on any atom is 0.247 e. The molecule has 178 valence electrons. The molecule has 1 aromatic heterocycles. The highest BCUT2D eigenvalue weighted by Crippen LogP contribution is 2.26. The summed E-state index contributed by atoms with van der Waals surface area (Å²) in [6.07, 6.45) is 2.26. The van der Waals surface area contributed by atoms with Gasteiger partial charge in [0.1, 0.15) is 6.04 Å². The van der Waals surface area contributed by atoms with Gasteiger partial charge in [-0.05, 0) is 34.9 Å². The second-order valence-electron chi connectivity index (χ2n) is 8.73.